The Balaban J connectivity index is 1.43. The number of aryl methyl sites for hydroxylation is 2. The SMILES string of the molecule is CNC(=S)NCCC(=O)Nc1ccc(OCc2cccc(NC(=O)CSc3nc(C)cc(C)n3)c2)cc1. The fraction of sp³-hybridized carbons (Fsp3) is 0.269. The van der Waals surface area contributed by atoms with Crippen molar-refractivity contribution in [2.75, 3.05) is 30.0 Å². The lowest BCUT2D eigenvalue weighted by molar-refractivity contribution is -0.116. The standard InChI is InChI=1S/C26H30N6O3S2/c1-17-13-18(2)30-26(29-17)37-16-24(34)32-21-6-4-5-19(14-21)15-35-22-9-7-20(8-10-22)31-23(33)11-12-28-25(36)27-3/h4-10,13-14H,11-12,15-16H2,1-3H3,(H,31,33)(H,32,34)(H2,27,28,36). The number of rotatable bonds is 11. The summed E-state index contributed by atoms with van der Waals surface area (Å²) in [6, 6.07) is 16.6. The van der Waals surface area contributed by atoms with Crippen molar-refractivity contribution in [2.24, 2.45) is 0 Å². The number of aromatic nitrogens is 2. The second-order valence-electron chi connectivity index (χ2n) is 8.09. The molecule has 0 saturated carbocycles. The summed E-state index contributed by atoms with van der Waals surface area (Å²) in [6.07, 6.45) is 0.297. The Bertz CT molecular complexity index is 1220. The van der Waals surface area contributed by atoms with E-state index in [4.69, 9.17) is 17.0 Å². The zero-order chi connectivity index (χ0) is 26.6. The molecule has 0 saturated heterocycles. The largest absolute Gasteiger partial charge is 0.489 e. The third-order valence-corrected chi connectivity index (χ3v) is 6.11. The van der Waals surface area contributed by atoms with E-state index >= 15 is 0 Å². The van der Waals surface area contributed by atoms with E-state index in [1.54, 1.807) is 31.3 Å². The molecule has 2 amide bonds. The van der Waals surface area contributed by atoms with Crippen molar-refractivity contribution in [3.8, 4) is 5.75 Å². The number of anilines is 2. The molecule has 0 aliphatic heterocycles. The number of thioether (sulfide) groups is 1. The Kier molecular flexibility index (Phi) is 10.7. The molecule has 0 bridgehead atoms. The van der Waals surface area contributed by atoms with E-state index in [2.05, 4.69) is 31.2 Å². The summed E-state index contributed by atoms with van der Waals surface area (Å²) < 4.78 is 5.87. The minimum Gasteiger partial charge on any atom is -0.489 e. The second-order valence-corrected chi connectivity index (χ2v) is 9.44. The van der Waals surface area contributed by atoms with Gasteiger partial charge in [0.25, 0.3) is 0 Å². The molecule has 1 aromatic heterocycles. The molecule has 0 atom stereocenters. The van der Waals surface area contributed by atoms with Crippen LogP contribution in [0.2, 0.25) is 0 Å². The molecule has 0 spiro atoms. The molecule has 37 heavy (non-hydrogen) atoms. The molecule has 194 valence electrons. The topological polar surface area (TPSA) is 117 Å². The zero-order valence-electron chi connectivity index (χ0n) is 21.0. The normalized spacial score (nSPS) is 10.4. The first-order valence-corrected chi connectivity index (χ1v) is 13.0. The van der Waals surface area contributed by atoms with Crippen molar-refractivity contribution in [2.45, 2.75) is 32.0 Å². The van der Waals surface area contributed by atoms with Crippen molar-refractivity contribution >= 4 is 52.3 Å². The minimum atomic E-state index is -0.135. The highest BCUT2D eigenvalue weighted by Gasteiger charge is 2.08. The van der Waals surface area contributed by atoms with Gasteiger partial charge in [0.1, 0.15) is 12.4 Å². The number of hydrogen-bond acceptors (Lipinski definition) is 7. The lowest BCUT2D eigenvalue weighted by Gasteiger charge is -2.11. The number of nitrogens with one attached hydrogen (secondary N) is 4. The molecule has 0 aliphatic carbocycles. The monoisotopic (exact) mass is 538 g/mol. The van der Waals surface area contributed by atoms with Gasteiger partial charge in [-0.2, -0.15) is 0 Å². The molecule has 0 aliphatic rings. The second kappa shape index (κ2) is 14.1. The van der Waals surface area contributed by atoms with Crippen LogP contribution >= 0.6 is 24.0 Å². The summed E-state index contributed by atoms with van der Waals surface area (Å²) in [5, 5.41) is 12.6. The van der Waals surface area contributed by atoms with Crippen LogP contribution in [0, 0.1) is 13.8 Å². The molecule has 2 aromatic carbocycles. The van der Waals surface area contributed by atoms with Gasteiger partial charge in [0.05, 0.1) is 5.75 Å². The number of nitrogens with zero attached hydrogens (tertiary/aromatic N) is 2. The van der Waals surface area contributed by atoms with E-state index < -0.39 is 0 Å². The van der Waals surface area contributed by atoms with Crippen LogP contribution in [0.3, 0.4) is 0 Å². The molecule has 9 nitrogen and oxygen atoms in total. The van der Waals surface area contributed by atoms with Crippen LogP contribution in [-0.2, 0) is 16.2 Å². The van der Waals surface area contributed by atoms with E-state index in [0.717, 1.165) is 17.0 Å². The van der Waals surface area contributed by atoms with Crippen molar-refractivity contribution in [3.63, 3.8) is 0 Å². The molecule has 4 N–H and O–H groups in total. The average molecular weight is 539 g/mol. The molecular formula is C26H30N6O3S2. The van der Waals surface area contributed by atoms with E-state index in [-0.39, 0.29) is 17.6 Å². The van der Waals surface area contributed by atoms with Crippen LogP contribution in [0.1, 0.15) is 23.4 Å². The van der Waals surface area contributed by atoms with Crippen molar-refractivity contribution in [3.05, 3.63) is 71.5 Å². The predicted octanol–water partition coefficient (Wildman–Crippen LogP) is 3.83. The number of thiocarbonyl (C=S) groups is 1. The number of hydrogen-bond donors (Lipinski definition) is 4. The maximum Gasteiger partial charge on any atom is 0.234 e. The quantitative estimate of drug-likeness (QED) is 0.164. The first-order chi connectivity index (χ1) is 17.8. The van der Waals surface area contributed by atoms with Crippen LogP contribution in [0.4, 0.5) is 11.4 Å². The Hall–Kier alpha value is -3.70. The Morgan fingerprint density at radius 3 is 2.35 bits per heavy atom. The van der Waals surface area contributed by atoms with Crippen LogP contribution in [0.25, 0.3) is 0 Å². The lowest BCUT2D eigenvalue weighted by atomic mass is 10.2. The first-order valence-electron chi connectivity index (χ1n) is 11.6. The zero-order valence-corrected chi connectivity index (χ0v) is 22.6. The number of ether oxygens (including phenoxy) is 1. The Labute approximate surface area is 226 Å². The summed E-state index contributed by atoms with van der Waals surface area (Å²) >= 11 is 6.28. The van der Waals surface area contributed by atoms with Gasteiger partial charge in [0.2, 0.25) is 11.8 Å². The third-order valence-electron chi connectivity index (χ3n) is 4.91. The molecule has 1 heterocycles. The van der Waals surface area contributed by atoms with Gasteiger partial charge >= 0.3 is 0 Å². The van der Waals surface area contributed by atoms with Crippen LogP contribution < -0.4 is 26.0 Å². The van der Waals surface area contributed by atoms with Crippen LogP contribution in [0.15, 0.2) is 59.8 Å². The van der Waals surface area contributed by atoms with Gasteiger partial charge in [-0.15, -0.1) is 0 Å². The van der Waals surface area contributed by atoms with Gasteiger partial charge in [-0.3, -0.25) is 9.59 Å². The Morgan fingerprint density at radius 1 is 0.946 bits per heavy atom. The summed E-state index contributed by atoms with van der Waals surface area (Å²) in [5.41, 5.74) is 4.04. The summed E-state index contributed by atoms with van der Waals surface area (Å²) in [6.45, 7) is 4.59. The molecule has 11 heteroatoms. The number of carbonyl (C=O) groups is 2. The van der Waals surface area contributed by atoms with Gasteiger partial charge < -0.3 is 26.0 Å². The third kappa shape index (κ3) is 10.1. The van der Waals surface area contributed by atoms with E-state index in [9.17, 15) is 9.59 Å². The van der Waals surface area contributed by atoms with E-state index in [0.29, 0.717) is 47.0 Å². The fourth-order valence-corrected chi connectivity index (χ4v) is 4.08. The smallest absolute Gasteiger partial charge is 0.234 e. The van der Waals surface area contributed by atoms with Crippen LogP contribution in [0.5, 0.6) is 5.75 Å². The Morgan fingerprint density at radius 2 is 1.65 bits per heavy atom. The highest BCUT2D eigenvalue weighted by atomic mass is 32.2. The van der Waals surface area contributed by atoms with Crippen molar-refractivity contribution in [1.82, 2.24) is 20.6 Å². The fourth-order valence-electron chi connectivity index (χ4n) is 3.23. The van der Waals surface area contributed by atoms with Gasteiger partial charge in [-0.05, 0) is 74.1 Å². The maximum absolute atomic E-state index is 12.4. The predicted molar refractivity (Wildman–Crippen MR) is 151 cm³/mol. The van der Waals surface area contributed by atoms with E-state index in [1.165, 1.54) is 11.8 Å². The summed E-state index contributed by atoms with van der Waals surface area (Å²) in [4.78, 5) is 33.1. The molecule has 3 aromatic rings. The van der Waals surface area contributed by atoms with Gasteiger partial charge in [-0.1, -0.05) is 23.9 Å². The highest BCUT2D eigenvalue weighted by Crippen LogP contribution is 2.19. The number of amides is 2. The molecule has 0 unspecified atom stereocenters. The minimum absolute atomic E-state index is 0.112. The van der Waals surface area contributed by atoms with Gasteiger partial charge in [-0.25, -0.2) is 9.97 Å². The molecule has 3 rings (SSSR count). The van der Waals surface area contributed by atoms with Gasteiger partial charge in [0.15, 0.2) is 10.3 Å². The summed E-state index contributed by atoms with van der Waals surface area (Å²) in [5.74, 6) is 0.632. The van der Waals surface area contributed by atoms with Crippen molar-refractivity contribution in [1.29, 1.82) is 0 Å². The molecular weight excluding hydrogens is 508 g/mol. The van der Waals surface area contributed by atoms with Crippen molar-refractivity contribution < 1.29 is 14.3 Å². The van der Waals surface area contributed by atoms with Crippen LogP contribution in [-0.4, -0.2) is 46.2 Å². The lowest BCUT2D eigenvalue weighted by Crippen LogP contribution is -2.34. The molecule has 0 fully saturated rings. The highest BCUT2D eigenvalue weighted by molar-refractivity contribution is 7.99. The maximum atomic E-state index is 12.4. The summed E-state index contributed by atoms with van der Waals surface area (Å²) in [7, 11) is 1.72. The average Bonchev–Trinajstić information content (AvgIpc) is 2.86. The van der Waals surface area contributed by atoms with E-state index in [1.807, 2.05) is 44.2 Å². The molecule has 0 radical (unpaired) electrons. The number of carbonyl (C=O) groups excluding carboxylic acids is 2. The first kappa shape index (κ1) is 27.9. The van der Waals surface area contributed by atoms with Gasteiger partial charge in [0, 0.05) is 42.8 Å². The number of benzene rings is 2.